The minimum absolute atomic E-state index is 0.291. The highest BCUT2D eigenvalue weighted by molar-refractivity contribution is 6.42. The molecule has 0 bridgehead atoms. The van der Waals surface area contributed by atoms with Crippen molar-refractivity contribution in [1.82, 2.24) is 5.32 Å². The van der Waals surface area contributed by atoms with Crippen molar-refractivity contribution in [2.24, 2.45) is 20.7 Å². The van der Waals surface area contributed by atoms with Crippen LogP contribution >= 0.6 is 11.6 Å². The lowest BCUT2D eigenvalue weighted by atomic mass is 10.1. The number of benzene rings is 1. The predicted octanol–water partition coefficient (Wildman–Crippen LogP) is 0.353. The van der Waals surface area contributed by atoms with Crippen molar-refractivity contribution in [2.45, 2.75) is 12.3 Å². The van der Waals surface area contributed by atoms with Gasteiger partial charge >= 0.3 is 0 Å². The van der Waals surface area contributed by atoms with Crippen LogP contribution in [-0.4, -0.2) is 36.0 Å². The number of aliphatic imine (C=N–C) groups is 3. The van der Waals surface area contributed by atoms with Gasteiger partial charge in [-0.1, -0.05) is 23.7 Å². The minimum atomic E-state index is -0.747. The van der Waals surface area contributed by atoms with Crippen LogP contribution in [-0.2, 0) is 4.79 Å². The number of fused-ring (bicyclic) bond motifs is 1. The average Bonchev–Trinajstić information content (AvgIpc) is 2.39. The maximum atomic E-state index is 11.8. The van der Waals surface area contributed by atoms with E-state index in [9.17, 15) is 4.79 Å². The second kappa shape index (κ2) is 4.56. The molecule has 3 N–H and O–H groups in total. The highest BCUT2D eigenvalue weighted by Gasteiger charge is 2.32. The van der Waals surface area contributed by atoms with Crippen LogP contribution in [0.3, 0.4) is 0 Å². The monoisotopic (exact) mass is 275 g/mol. The average molecular weight is 276 g/mol. The molecule has 2 heterocycles. The van der Waals surface area contributed by atoms with E-state index in [0.29, 0.717) is 16.6 Å². The van der Waals surface area contributed by atoms with Crippen LogP contribution in [0.2, 0.25) is 5.02 Å². The third-order valence-corrected chi connectivity index (χ3v) is 3.03. The Kier molecular flexibility index (Phi) is 2.88. The van der Waals surface area contributed by atoms with E-state index in [4.69, 9.17) is 17.3 Å². The molecule has 96 valence electrons. The molecule has 0 aromatic heterocycles. The molecule has 1 amide bonds. The van der Waals surface area contributed by atoms with Crippen LogP contribution in [0.1, 0.15) is 5.56 Å². The van der Waals surface area contributed by atoms with Gasteiger partial charge < -0.3 is 5.32 Å². The number of amidine groups is 1. The second-order valence-electron chi connectivity index (χ2n) is 4.12. The van der Waals surface area contributed by atoms with E-state index in [0.717, 1.165) is 5.56 Å². The van der Waals surface area contributed by atoms with E-state index in [2.05, 4.69) is 20.3 Å². The molecule has 7 heteroatoms. The SMILES string of the molecule is N[C@@H]1N=C2N=CC(c3ccc(Cl)cc3)=N[C@H]2C(=O)N1. The number of amides is 1. The Morgan fingerprint density at radius 2 is 1.95 bits per heavy atom. The fraction of sp³-hybridized carbons (Fsp3) is 0.167. The maximum Gasteiger partial charge on any atom is 0.255 e. The van der Waals surface area contributed by atoms with E-state index in [1.807, 2.05) is 12.1 Å². The number of carbonyl (C=O) groups excluding carboxylic acids is 1. The van der Waals surface area contributed by atoms with Crippen LogP contribution < -0.4 is 11.1 Å². The number of nitrogens with two attached hydrogens (primary N) is 1. The molecule has 0 aliphatic carbocycles. The van der Waals surface area contributed by atoms with E-state index in [-0.39, 0.29) is 5.91 Å². The lowest BCUT2D eigenvalue weighted by Gasteiger charge is -2.24. The summed E-state index contributed by atoms with van der Waals surface area (Å²) < 4.78 is 0. The van der Waals surface area contributed by atoms with Crippen LogP contribution in [0.25, 0.3) is 0 Å². The molecule has 1 aromatic rings. The van der Waals surface area contributed by atoms with Crippen LogP contribution in [0, 0.1) is 0 Å². The standard InChI is InChI=1S/C12H10ClN5O/c13-7-3-1-6(2-4-7)8-5-15-10-9(16-8)11(19)18-12(14)17-10/h1-5,9,12H,14H2,(H,18,19)/t9-,12-/m1/s1. The normalized spacial score (nSPS) is 25.3. The first-order valence-corrected chi connectivity index (χ1v) is 6.03. The number of rotatable bonds is 1. The molecule has 0 saturated heterocycles. The van der Waals surface area contributed by atoms with Crippen molar-refractivity contribution in [1.29, 1.82) is 0 Å². The van der Waals surface area contributed by atoms with Gasteiger partial charge in [0.05, 0.1) is 11.9 Å². The Morgan fingerprint density at radius 1 is 1.21 bits per heavy atom. The van der Waals surface area contributed by atoms with Crippen molar-refractivity contribution < 1.29 is 4.79 Å². The Hall–Kier alpha value is -2.05. The van der Waals surface area contributed by atoms with Gasteiger partial charge in [-0.3, -0.25) is 15.5 Å². The Labute approximate surface area is 114 Å². The van der Waals surface area contributed by atoms with Gasteiger partial charge in [-0.2, -0.15) is 0 Å². The predicted molar refractivity (Wildman–Crippen MR) is 73.8 cm³/mol. The zero-order valence-corrected chi connectivity index (χ0v) is 10.5. The largest absolute Gasteiger partial charge is 0.320 e. The summed E-state index contributed by atoms with van der Waals surface area (Å²) in [6.07, 6.45) is 0.826. The number of nitrogens with zero attached hydrogens (tertiary/aromatic N) is 3. The van der Waals surface area contributed by atoms with Crippen molar-refractivity contribution in [3.05, 3.63) is 34.9 Å². The molecule has 0 radical (unpaired) electrons. The van der Waals surface area contributed by atoms with Crippen molar-refractivity contribution in [3.8, 4) is 0 Å². The number of halogens is 1. The van der Waals surface area contributed by atoms with E-state index < -0.39 is 12.3 Å². The lowest BCUT2D eigenvalue weighted by molar-refractivity contribution is -0.121. The van der Waals surface area contributed by atoms with Gasteiger partial charge in [0.2, 0.25) is 0 Å². The van der Waals surface area contributed by atoms with Crippen molar-refractivity contribution in [2.75, 3.05) is 0 Å². The topological polar surface area (TPSA) is 92.2 Å². The van der Waals surface area contributed by atoms with Gasteiger partial charge in [0, 0.05) is 10.6 Å². The molecule has 19 heavy (non-hydrogen) atoms. The molecule has 0 fully saturated rings. The highest BCUT2D eigenvalue weighted by Crippen LogP contribution is 2.14. The Balaban J connectivity index is 1.96. The number of hydrogen-bond acceptors (Lipinski definition) is 5. The minimum Gasteiger partial charge on any atom is -0.320 e. The lowest BCUT2D eigenvalue weighted by Crippen LogP contribution is -2.53. The van der Waals surface area contributed by atoms with Gasteiger partial charge in [-0.25, -0.2) is 9.98 Å². The Morgan fingerprint density at radius 3 is 2.68 bits per heavy atom. The summed E-state index contributed by atoms with van der Waals surface area (Å²) in [5.41, 5.74) is 7.00. The molecule has 2 aliphatic heterocycles. The van der Waals surface area contributed by atoms with E-state index in [1.54, 1.807) is 18.3 Å². The van der Waals surface area contributed by atoms with Gasteiger partial charge in [-0.05, 0) is 12.1 Å². The highest BCUT2D eigenvalue weighted by atomic mass is 35.5. The van der Waals surface area contributed by atoms with Crippen molar-refractivity contribution in [3.63, 3.8) is 0 Å². The zero-order chi connectivity index (χ0) is 13.4. The molecular weight excluding hydrogens is 266 g/mol. The second-order valence-corrected chi connectivity index (χ2v) is 4.56. The third kappa shape index (κ3) is 2.27. The molecule has 0 saturated carbocycles. The van der Waals surface area contributed by atoms with Gasteiger partial charge in [0.1, 0.15) is 0 Å². The van der Waals surface area contributed by atoms with Crippen LogP contribution in [0.5, 0.6) is 0 Å². The molecule has 2 aliphatic rings. The molecular formula is C12H10ClN5O. The quantitative estimate of drug-likeness (QED) is 0.774. The Bertz CT molecular complexity index is 620. The molecule has 2 atom stereocenters. The van der Waals surface area contributed by atoms with Crippen LogP contribution in [0.15, 0.2) is 39.2 Å². The van der Waals surface area contributed by atoms with Crippen molar-refractivity contribution >= 4 is 35.3 Å². The molecule has 0 unspecified atom stereocenters. The number of nitrogens with one attached hydrogen (secondary N) is 1. The summed E-state index contributed by atoms with van der Waals surface area (Å²) in [6.45, 7) is 0. The van der Waals surface area contributed by atoms with Gasteiger partial charge in [-0.15, -0.1) is 0 Å². The first-order valence-electron chi connectivity index (χ1n) is 5.65. The maximum absolute atomic E-state index is 11.8. The molecule has 6 nitrogen and oxygen atoms in total. The van der Waals surface area contributed by atoms with Gasteiger partial charge in [0.15, 0.2) is 18.2 Å². The fourth-order valence-electron chi connectivity index (χ4n) is 1.88. The summed E-state index contributed by atoms with van der Waals surface area (Å²) in [5.74, 6) is 0.0507. The van der Waals surface area contributed by atoms with E-state index in [1.165, 1.54) is 0 Å². The summed E-state index contributed by atoms with van der Waals surface area (Å²) in [6, 6.07) is 6.43. The first kappa shape index (κ1) is 12.0. The third-order valence-electron chi connectivity index (χ3n) is 2.78. The zero-order valence-electron chi connectivity index (χ0n) is 9.75. The molecule has 0 spiro atoms. The molecule has 1 aromatic carbocycles. The summed E-state index contributed by atoms with van der Waals surface area (Å²) >= 11 is 5.83. The van der Waals surface area contributed by atoms with Gasteiger partial charge in [0.25, 0.3) is 5.91 Å². The number of carbonyl (C=O) groups is 1. The smallest absolute Gasteiger partial charge is 0.255 e. The fourth-order valence-corrected chi connectivity index (χ4v) is 2.00. The number of hydrogen-bond donors (Lipinski definition) is 2. The molecule has 3 rings (SSSR count). The summed E-state index contributed by atoms with van der Waals surface area (Å²) in [5, 5.41) is 3.15. The summed E-state index contributed by atoms with van der Waals surface area (Å²) in [7, 11) is 0. The van der Waals surface area contributed by atoms with E-state index >= 15 is 0 Å². The summed E-state index contributed by atoms with van der Waals surface area (Å²) in [4.78, 5) is 24.3. The van der Waals surface area contributed by atoms with Crippen LogP contribution in [0.4, 0.5) is 0 Å². The first-order chi connectivity index (χ1) is 9.13.